The van der Waals surface area contributed by atoms with Crippen molar-refractivity contribution in [1.29, 1.82) is 0 Å². The van der Waals surface area contributed by atoms with Gasteiger partial charge in [0.1, 0.15) is 5.82 Å². The third kappa shape index (κ3) is 1.62. The Hall–Kier alpha value is -1.46. The summed E-state index contributed by atoms with van der Waals surface area (Å²) in [4.78, 5) is 8.92. The number of aryl methyl sites for hydroxylation is 1. The first-order valence-electron chi connectivity index (χ1n) is 5.83. The van der Waals surface area contributed by atoms with Crippen molar-refractivity contribution in [3.05, 3.63) is 24.2 Å². The fraction of sp³-hybridized carbons (Fsp3) is 0.500. The highest BCUT2D eigenvalue weighted by Gasteiger charge is 2.32. The molecule has 17 heavy (non-hydrogen) atoms. The van der Waals surface area contributed by atoms with Gasteiger partial charge in [-0.05, 0) is 19.2 Å². The van der Waals surface area contributed by atoms with E-state index in [2.05, 4.69) is 19.9 Å². The molecule has 1 fully saturated rings. The highest BCUT2D eigenvalue weighted by atomic mass is 16.5. The van der Waals surface area contributed by atoms with Crippen LogP contribution in [0.25, 0.3) is 11.2 Å². The van der Waals surface area contributed by atoms with Crippen LogP contribution in [0.4, 0.5) is 0 Å². The molecule has 1 saturated heterocycles. The molecule has 0 spiro atoms. The van der Waals surface area contributed by atoms with E-state index >= 15 is 0 Å². The molecule has 1 N–H and O–H groups in total. The standard InChI is InChI=1S/C12H16N4O/c1-13-9-7-17-6-8(9)12-15-11-10(16(12)2)4-3-5-14-11/h3-5,8-9,13H,6-7H2,1-2H3. The molecule has 5 nitrogen and oxygen atoms in total. The molecule has 0 aromatic carbocycles. The molecule has 3 heterocycles. The minimum absolute atomic E-state index is 0.305. The Labute approximate surface area is 99.8 Å². The summed E-state index contributed by atoms with van der Waals surface area (Å²) in [5, 5.41) is 3.29. The number of likely N-dealkylation sites (N-methyl/N-ethyl adjacent to an activating group) is 1. The Morgan fingerprint density at radius 3 is 3.12 bits per heavy atom. The van der Waals surface area contributed by atoms with Crippen LogP contribution >= 0.6 is 0 Å². The molecule has 5 heteroatoms. The molecule has 0 bridgehead atoms. The third-order valence-corrected chi connectivity index (χ3v) is 3.47. The molecule has 1 aliphatic rings. The third-order valence-electron chi connectivity index (χ3n) is 3.47. The van der Waals surface area contributed by atoms with Crippen molar-refractivity contribution >= 4 is 11.2 Å². The number of pyridine rings is 1. The molecule has 2 unspecified atom stereocenters. The average Bonchev–Trinajstić information content (AvgIpc) is 2.94. The molecule has 0 aliphatic carbocycles. The zero-order valence-electron chi connectivity index (χ0n) is 10.1. The molecule has 3 rings (SSSR count). The molecule has 0 radical (unpaired) electrons. The number of aromatic nitrogens is 3. The first kappa shape index (κ1) is 10.7. The summed E-state index contributed by atoms with van der Waals surface area (Å²) in [6.45, 7) is 1.47. The monoisotopic (exact) mass is 232 g/mol. The second-order valence-corrected chi connectivity index (χ2v) is 4.41. The summed E-state index contributed by atoms with van der Waals surface area (Å²) in [6, 6.07) is 4.32. The van der Waals surface area contributed by atoms with E-state index in [0.29, 0.717) is 12.0 Å². The number of hydrogen-bond acceptors (Lipinski definition) is 4. The largest absolute Gasteiger partial charge is 0.379 e. The second-order valence-electron chi connectivity index (χ2n) is 4.41. The summed E-state index contributed by atoms with van der Waals surface area (Å²) >= 11 is 0. The van der Waals surface area contributed by atoms with Gasteiger partial charge in [-0.25, -0.2) is 9.97 Å². The van der Waals surface area contributed by atoms with Crippen LogP contribution in [0.3, 0.4) is 0 Å². The number of fused-ring (bicyclic) bond motifs is 1. The maximum atomic E-state index is 5.53. The smallest absolute Gasteiger partial charge is 0.177 e. The van der Waals surface area contributed by atoms with Crippen LogP contribution in [-0.2, 0) is 11.8 Å². The molecule has 2 atom stereocenters. The topological polar surface area (TPSA) is 52.0 Å². The Bertz CT molecular complexity index is 536. The van der Waals surface area contributed by atoms with Crippen LogP contribution in [0.1, 0.15) is 11.7 Å². The van der Waals surface area contributed by atoms with Gasteiger partial charge < -0.3 is 14.6 Å². The SMILES string of the molecule is CNC1COCC1c1nc2ncccc2n1C. The molecule has 1 aliphatic heterocycles. The van der Waals surface area contributed by atoms with Crippen LogP contribution < -0.4 is 5.32 Å². The minimum Gasteiger partial charge on any atom is -0.379 e. The number of nitrogens with one attached hydrogen (secondary N) is 1. The zero-order chi connectivity index (χ0) is 11.8. The Balaban J connectivity index is 2.08. The summed E-state index contributed by atoms with van der Waals surface area (Å²) in [7, 11) is 4.00. The van der Waals surface area contributed by atoms with E-state index in [4.69, 9.17) is 4.74 Å². The number of hydrogen-bond donors (Lipinski definition) is 1. The van der Waals surface area contributed by atoms with E-state index in [0.717, 1.165) is 30.2 Å². The van der Waals surface area contributed by atoms with Gasteiger partial charge in [-0.2, -0.15) is 0 Å². The Morgan fingerprint density at radius 2 is 2.35 bits per heavy atom. The van der Waals surface area contributed by atoms with Crippen molar-refractivity contribution in [2.75, 3.05) is 20.3 Å². The molecule has 2 aromatic heterocycles. The van der Waals surface area contributed by atoms with Gasteiger partial charge in [-0.3, -0.25) is 0 Å². The molecule has 90 valence electrons. The average molecular weight is 232 g/mol. The van der Waals surface area contributed by atoms with E-state index in [1.807, 2.05) is 26.2 Å². The lowest BCUT2D eigenvalue weighted by Crippen LogP contribution is -2.32. The quantitative estimate of drug-likeness (QED) is 0.827. The molecule has 0 amide bonds. The first-order valence-corrected chi connectivity index (χ1v) is 5.83. The lowest BCUT2D eigenvalue weighted by molar-refractivity contribution is 0.188. The lowest BCUT2D eigenvalue weighted by Gasteiger charge is -2.16. The van der Waals surface area contributed by atoms with E-state index in [9.17, 15) is 0 Å². The lowest BCUT2D eigenvalue weighted by atomic mass is 10.0. The van der Waals surface area contributed by atoms with Crippen LogP contribution in [0.15, 0.2) is 18.3 Å². The zero-order valence-corrected chi connectivity index (χ0v) is 10.1. The van der Waals surface area contributed by atoms with Crippen LogP contribution in [-0.4, -0.2) is 40.8 Å². The van der Waals surface area contributed by atoms with E-state index in [1.54, 1.807) is 6.20 Å². The van der Waals surface area contributed by atoms with Gasteiger partial charge in [0.2, 0.25) is 0 Å². The number of nitrogens with zero attached hydrogens (tertiary/aromatic N) is 3. The predicted molar refractivity (Wildman–Crippen MR) is 64.9 cm³/mol. The summed E-state index contributed by atoms with van der Waals surface area (Å²) in [5.41, 5.74) is 1.89. The molecular formula is C12H16N4O. The van der Waals surface area contributed by atoms with Crippen molar-refractivity contribution in [3.63, 3.8) is 0 Å². The maximum Gasteiger partial charge on any atom is 0.177 e. The normalized spacial score (nSPS) is 24.6. The van der Waals surface area contributed by atoms with Crippen LogP contribution in [0, 0.1) is 0 Å². The fourth-order valence-corrected chi connectivity index (χ4v) is 2.47. The summed E-state index contributed by atoms with van der Waals surface area (Å²) < 4.78 is 7.65. The molecule has 2 aromatic rings. The first-order chi connectivity index (χ1) is 8.31. The van der Waals surface area contributed by atoms with Crippen molar-refractivity contribution < 1.29 is 4.74 Å². The van der Waals surface area contributed by atoms with Crippen LogP contribution in [0.2, 0.25) is 0 Å². The van der Waals surface area contributed by atoms with E-state index in [1.165, 1.54) is 0 Å². The maximum absolute atomic E-state index is 5.53. The summed E-state index contributed by atoms with van der Waals surface area (Å²) in [5.74, 6) is 1.36. The van der Waals surface area contributed by atoms with Gasteiger partial charge >= 0.3 is 0 Å². The van der Waals surface area contributed by atoms with Crippen molar-refractivity contribution in [3.8, 4) is 0 Å². The van der Waals surface area contributed by atoms with Gasteiger partial charge in [0, 0.05) is 19.3 Å². The van der Waals surface area contributed by atoms with Gasteiger partial charge in [0.15, 0.2) is 5.65 Å². The second kappa shape index (κ2) is 4.09. The number of ether oxygens (including phenoxy) is 1. The highest BCUT2D eigenvalue weighted by Crippen LogP contribution is 2.26. The van der Waals surface area contributed by atoms with Gasteiger partial charge in [-0.1, -0.05) is 0 Å². The summed E-state index contributed by atoms with van der Waals surface area (Å²) in [6.07, 6.45) is 1.78. The molecule has 0 saturated carbocycles. The molecular weight excluding hydrogens is 216 g/mol. The van der Waals surface area contributed by atoms with Crippen molar-refractivity contribution in [2.24, 2.45) is 7.05 Å². The van der Waals surface area contributed by atoms with Crippen LogP contribution in [0.5, 0.6) is 0 Å². The van der Waals surface area contributed by atoms with Gasteiger partial charge in [0.25, 0.3) is 0 Å². The van der Waals surface area contributed by atoms with E-state index in [-0.39, 0.29) is 0 Å². The van der Waals surface area contributed by atoms with E-state index < -0.39 is 0 Å². The minimum atomic E-state index is 0.305. The fourth-order valence-electron chi connectivity index (χ4n) is 2.47. The number of rotatable bonds is 2. The van der Waals surface area contributed by atoms with Crippen molar-refractivity contribution in [2.45, 2.75) is 12.0 Å². The predicted octanol–water partition coefficient (Wildman–Crippen LogP) is 0.670. The van der Waals surface area contributed by atoms with Gasteiger partial charge in [0.05, 0.1) is 24.6 Å². The van der Waals surface area contributed by atoms with Crippen molar-refractivity contribution in [1.82, 2.24) is 19.9 Å². The Morgan fingerprint density at radius 1 is 1.47 bits per heavy atom. The Kier molecular flexibility index (Phi) is 2.57. The highest BCUT2D eigenvalue weighted by molar-refractivity contribution is 5.71. The number of imidazole rings is 1. The van der Waals surface area contributed by atoms with Gasteiger partial charge in [-0.15, -0.1) is 0 Å².